The Balaban J connectivity index is 0.00000225. The molecule has 2 aliphatic rings. The third kappa shape index (κ3) is 5.38. The summed E-state index contributed by atoms with van der Waals surface area (Å²) < 4.78 is 25.7. The van der Waals surface area contributed by atoms with Crippen LogP contribution in [-0.4, -0.2) is 30.5 Å². The van der Waals surface area contributed by atoms with Crippen LogP contribution >= 0.6 is 12.4 Å². The lowest BCUT2D eigenvalue weighted by atomic mass is 9.88. The molecule has 0 aliphatic heterocycles. The van der Waals surface area contributed by atoms with Gasteiger partial charge >= 0.3 is 0 Å². The van der Waals surface area contributed by atoms with Crippen LogP contribution in [0.1, 0.15) is 61.9 Å². The fourth-order valence-corrected chi connectivity index (χ4v) is 3.17. The Kier molecular flexibility index (Phi) is 5.79. The average Bonchev–Trinajstić information content (AvgIpc) is 3.22. The van der Waals surface area contributed by atoms with E-state index in [4.69, 9.17) is 0 Å². The molecular formula is C19H27ClF2N2O. The molecule has 25 heavy (non-hydrogen) atoms. The standard InChI is InChI=1S/C19H26F2N2O.ClH/c1-18(2,3)11-22-16-8-15(16)12-5-4-6-13(7-12)17(24)23-14-9-19(20,21)10-14;/h4-7,14-16,22H,8-11H2,1-3H3,(H,23,24);1H/t15-,16+;/m0./s1. The fraction of sp³-hybridized carbons (Fsp3) is 0.632. The molecule has 0 saturated heterocycles. The Bertz CT molecular complexity index is 622. The van der Waals surface area contributed by atoms with E-state index in [2.05, 4.69) is 31.4 Å². The fourth-order valence-electron chi connectivity index (χ4n) is 3.17. The van der Waals surface area contributed by atoms with E-state index >= 15 is 0 Å². The molecule has 2 fully saturated rings. The molecule has 0 heterocycles. The Morgan fingerprint density at radius 3 is 2.56 bits per heavy atom. The molecule has 0 radical (unpaired) electrons. The first-order chi connectivity index (χ1) is 11.1. The minimum atomic E-state index is -2.61. The smallest absolute Gasteiger partial charge is 0.252 e. The van der Waals surface area contributed by atoms with Crippen molar-refractivity contribution in [3.05, 3.63) is 35.4 Å². The van der Waals surface area contributed by atoms with Crippen LogP contribution in [0.3, 0.4) is 0 Å². The molecule has 1 aromatic rings. The van der Waals surface area contributed by atoms with Gasteiger partial charge < -0.3 is 10.6 Å². The van der Waals surface area contributed by atoms with Crippen molar-refractivity contribution < 1.29 is 13.6 Å². The highest BCUT2D eigenvalue weighted by Crippen LogP contribution is 2.41. The zero-order valence-corrected chi connectivity index (χ0v) is 15.8. The molecule has 3 nitrogen and oxygen atoms in total. The highest BCUT2D eigenvalue weighted by molar-refractivity contribution is 5.94. The van der Waals surface area contributed by atoms with E-state index in [0.29, 0.717) is 17.5 Å². The molecule has 140 valence electrons. The molecule has 2 N–H and O–H groups in total. The summed E-state index contributed by atoms with van der Waals surface area (Å²) in [6.45, 7) is 7.56. The lowest BCUT2D eigenvalue weighted by Crippen LogP contribution is -2.50. The van der Waals surface area contributed by atoms with Gasteiger partial charge in [0.1, 0.15) is 0 Å². The van der Waals surface area contributed by atoms with E-state index in [0.717, 1.165) is 18.5 Å². The second-order valence-corrected chi connectivity index (χ2v) is 8.45. The Hall–Kier alpha value is -1.20. The predicted octanol–water partition coefficient (Wildman–Crippen LogP) is 4.13. The van der Waals surface area contributed by atoms with Crippen LogP contribution in [0, 0.1) is 5.41 Å². The van der Waals surface area contributed by atoms with Gasteiger partial charge in [0.15, 0.2) is 0 Å². The number of hydrogen-bond donors (Lipinski definition) is 2. The molecule has 0 bridgehead atoms. The van der Waals surface area contributed by atoms with Crippen LogP contribution < -0.4 is 10.6 Å². The van der Waals surface area contributed by atoms with E-state index in [1.165, 1.54) is 0 Å². The maximum absolute atomic E-state index is 12.9. The number of carbonyl (C=O) groups excluding carboxylic acids is 1. The number of nitrogens with one attached hydrogen (secondary N) is 2. The Morgan fingerprint density at radius 1 is 1.28 bits per heavy atom. The molecule has 3 rings (SSSR count). The van der Waals surface area contributed by atoms with E-state index < -0.39 is 12.0 Å². The number of amides is 1. The van der Waals surface area contributed by atoms with Crippen LogP contribution in [-0.2, 0) is 0 Å². The molecule has 2 saturated carbocycles. The van der Waals surface area contributed by atoms with Crippen molar-refractivity contribution in [2.45, 2.75) is 64.0 Å². The minimum Gasteiger partial charge on any atom is -0.349 e. The van der Waals surface area contributed by atoms with Crippen LogP contribution in [0.15, 0.2) is 24.3 Å². The zero-order valence-electron chi connectivity index (χ0n) is 14.9. The molecule has 0 unspecified atom stereocenters. The van der Waals surface area contributed by atoms with Gasteiger partial charge in [-0.15, -0.1) is 12.4 Å². The molecule has 1 amide bonds. The second kappa shape index (κ2) is 7.20. The number of alkyl halides is 2. The van der Waals surface area contributed by atoms with Gasteiger partial charge in [0.25, 0.3) is 11.8 Å². The highest BCUT2D eigenvalue weighted by atomic mass is 35.5. The summed E-state index contributed by atoms with van der Waals surface area (Å²) in [5.74, 6) is -2.43. The molecule has 2 atom stereocenters. The van der Waals surface area contributed by atoms with Crippen molar-refractivity contribution in [3.8, 4) is 0 Å². The van der Waals surface area contributed by atoms with Crippen LogP contribution in [0.5, 0.6) is 0 Å². The summed E-state index contributed by atoms with van der Waals surface area (Å²) in [7, 11) is 0. The monoisotopic (exact) mass is 372 g/mol. The maximum atomic E-state index is 12.9. The average molecular weight is 373 g/mol. The maximum Gasteiger partial charge on any atom is 0.252 e. The van der Waals surface area contributed by atoms with Crippen molar-refractivity contribution in [2.24, 2.45) is 5.41 Å². The minimum absolute atomic E-state index is 0. The van der Waals surface area contributed by atoms with Gasteiger partial charge in [0.2, 0.25) is 0 Å². The first-order valence-electron chi connectivity index (χ1n) is 8.65. The number of rotatable bonds is 5. The summed E-state index contributed by atoms with van der Waals surface area (Å²) in [6.07, 6.45) is 0.579. The summed E-state index contributed by atoms with van der Waals surface area (Å²) in [4.78, 5) is 12.2. The van der Waals surface area contributed by atoms with Gasteiger partial charge in [-0.25, -0.2) is 8.78 Å². The van der Waals surface area contributed by atoms with E-state index in [1.807, 2.05) is 18.2 Å². The number of halogens is 3. The van der Waals surface area contributed by atoms with Gasteiger partial charge in [-0.05, 0) is 29.5 Å². The normalized spacial score (nSPS) is 24.8. The molecule has 0 aromatic heterocycles. The topological polar surface area (TPSA) is 41.1 Å². The summed E-state index contributed by atoms with van der Waals surface area (Å²) in [6, 6.07) is 7.62. The Labute approximate surface area is 154 Å². The third-order valence-corrected chi connectivity index (χ3v) is 4.69. The molecule has 2 aliphatic carbocycles. The van der Waals surface area contributed by atoms with Gasteiger partial charge in [0, 0.05) is 43.0 Å². The first kappa shape index (κ1) is 20.1. The lowest BCUT2D eigenvalue weighted by molar-refractivity contribution is -0.0901. The van der Waals surface area contributed by atoms with Gasteiger partial charge in [-0.1, -0.05) is 32.9 Å². The third-order valence-electron chi connectivity index (χ3n) is 4.69. The Morgan fingerprint density at radius 2 is 1.96 bits per heavy atom. The van der Waals surface area contributed by atoms with Crippen molar-refractivity contribution >= 4 is 18.3 Å². The number of hydrogen-bond acceptors (Lipinski definition) is 2. The van der Waals surface area contributed by atoms with Crippen LogP contribution in [0.4, 0.5) is 8.78 Å². The van der Waals surface area contributed by atoms with Crippen molar-refractivity contribution in [2.75, 3.05) is 6.54 Å². The molecule has 1 aromatic carbocycles. The SMILES string of the molecule is CC(C)(C)CN[C@@H]1C[C@H]1c1cccc(C(=O)NC2CC(F)(F)C2)c1.Cl. The van der Waals surface area contributed by atoms with Crippen molar-refractivity contribution in [1.29, 1.82) is 0 Å². The largest absolute Gasteiger partial charge is 0.349 e. The van der Waals surface area contributed by atoms with E-state index in [9.17, 15) is 13.6 Å². The number of carbonyl (C=O) groups is 1. The second-order valence-electron chi connectivity index (χ2n) is 8.45. The summed E-state index contributed by atoms with van der Waals surface area (Å²) in [5, 5.41) is 6.27. The van der Waals surface area contributed by atoms with Crippen molar-refractivity contribution in [1.82, 2.24) is 10.6 Å². The van der Waals surface area contributed by atoms with Gasteiger partial charge in [-0.3, -0.25) is 4.79 Å². The molecular weight excluding hydrogens is 346 g/mol. The highest BCUT2D eigenvalue weighted by Gasteiger charge is 2.46. The van der Waals surface area contributed by atoms with E-state index in [-0.39, 0.29) is 36.6 Å². The molecule has 0 spiro atoms. The van der Waals surface area contributed by atoms with E-state index in [1.54, 1.807) is 6.07 Å². The molecule has 6 heteroatoms. The zero-order chi connectivity index (χ0) is 17.5. The summed E-state index contributed by atoms with van der Waals surface area (Å²) >= 11 is 0. The number of benzene rings is 1. The summed E-state index contributed by atoms with van der Waals surface area (Å²) in [5.41, 5.74) is 1.96. The van der Waals surface area contributed by atoms with Gasteiger partial charge in [-0.2, -0.15) is 0 Å². The van der Waals surface area contributed by atoms with Crippen LogP contribution in [0.25, 0.3) is 0 Å². The van der Waals surface area contributed by atoms with Crippen molar-refractivity contribution in [3.63, 3.8) is 0 Å². The quantitative estimate of drug-likeness (QED) is 0.816. The van der Waals surface area contributed by atoms with Gasteiger partial charge in [0.05, 0.1) is 0 Å². The lowest BCUT2D eigenvalue weighted by Gasteiger charge is -2.35. The predicted molar refractivity (Wildman–Crippen MR) is 97.7 cm³/mol. The first-order valence-corrected chi connectivity index (χ1v) is 8.65. The van der Waals surface area contributed by atoms with Crippen LogP contribution in [0.2, 0.25) is 0 Å².